The SMILES string of the molecule is Cc1c(C(=O)NCCCN2CCNCC2)c(=O)oc2ccccc12. The third-order valence-electron chi connectivity index (χ3n) is 4.45. The molecule has 1 amide bonds. The van der Waals surface area contributed by atoms with Gasteiger partial charge in [0.2, 0.25) is 0 Å². The first-order valence-corrected chi connectivity index (χ1v) is 8.40. The number of hydrogen-bond acceptors (Lipinski definition) is 5. The molecule has 0 saturated carbocycles. The Morgan fingerprint density at radius 2 is 2.04 bits per heavy atom. The number of hydrogen-bond donors (Lipinski definition) is 2. The van der Waals surface area contributed by atoms with Gasteiger partial charge in [-0.3, -0.25) is 4.79 Å². The maximum atomic E-state index is 12.4. The average molecular weight is 329 g/mol. The molecule has 1 fully saturated rings. The van der Waals surface area contributed by atoms with Crippen LogP contribution in [0.15, 0.2) is 33.5 Å². The van der Waals surface area contributed by atoms with Gasteiger partial charge >= 0.3 is 5.63 Å². The number of benzene rings is 1. The molecule has 0 aliphatic carbocycles. The van der Waals surface area contributed by atoms with Gasteiger partial charge < -0.3 is 20.0 Å². The maximum absolute atomic E-state index is 12.4. The van der Waals surface area contributed by atoms with Crippen molar-refractivity contribution in [3.05, 3.63) is 45.8 Å². The van der Waals surface area contributed by atoms with Gasteiger partial charge in [0.25, 0.3) is 5.91 Å². The van der Waals surface area contributed by atoms with Crippen molar-refractivity contribution >= 4 is 16.9 Å². The number of nitrogens with one attached hydrogen (secondary N) is 2. The number of carbonyl (C=O) groups excluding carboxylic acids is 1. The second-order valence-electron chi connectivity index (χ2n) is 6.09. The molecule has 2 heterocycles. The van der Waals surface area contributed by atoms with Crippen LogP contribution in [-0.4, -0.2) is 50.1 Å². The molecular weight excluding hydrogens is 306 g/mol. The van der Waals surface area contributed by atoms with Crippen LogP contribution < -0.4 is 16.3 Å². The van der Waals surface area contributed by atoms with Gasteiger partial charge in [-0.1, -0.05) is 18.2 Å². The summed E-state index contributed by atoms with van der Waals surface area (Å²) in [5.41, 5.74) is 0.707. The van der Waals surface area contributed by atoms with E-state index in [2.05, 4.69) is 15.5 Å². The van der Waals surface area contributed by atoms with Crippen LogP contribution in [0.5, 0.6) is 0 Å². The van der Waals surface area contributed by atoms with Gasteiger partial charge in [-0.15, -0.1) is 0 Å². The Morgan fingerprint density at radius 3 is 2.83 bits per heavy atom. The van der Waals surface area contributed by atoms with Crippen molar-refractivity contribution in [3.8, 4) is 0 Å². The fourth-order valence-electron chi connectivity index (χ4n) is 3.09. The first-order chi connectivity index (χ1) is 11.7. The van der Waals surface area contributed by atoms with Gasteiger partial charge in [0.05, 0.1) is 0 Å². The van der Waals surface area contributed by atoms with Crippen LogP contribution in [0.4, 0.5) is 0 Å². The average Bonchev–Trinajstić information content (AvgIpc) is 2.60. The Morgan fingerprint density at radius 1 is 1.29 bits per heavy atom. The van der Waals surface area contributed by atoms with Gasteiger partial charge in [-0.2, -0.15) is 0 Å². The van der Waals surface area contributed by atoms with E-state index in [4.69, 9.17) is 4.42 Å². The van der Waals surface area contributed by atoms with E-state index < -0.39 is 5.63 Å². The lowest BCUT2D eigenvalue weighted by Gasteiger charge is -2.27. The minimum atomic E-state index is -0.578. The van der Waals surface area contributed by atoms with Crippen molar-refractivity contribution in [1.29, 1.82) is 0 Å². The van der Waals surface area contributed by atoms with Crippen molar-refractivity contribution < 1.29 is 9.21 Å². The van der Waals surface area contributed by atoms with Gasteiger partial charge in [0.1, 0.15) is 11.1 Å². The molecule has 2 aromatic rings. The molecule has 1 aliphatic rings. The molecule has 0 atom stereocenters. The van der Waals surface area contributed by atoms with E-state index >= 15 is 0 Å². The number of aryl methyl sites for hydroxylation is 1. The number of nitrogens with zero attached hydrogens (tertiary/aromatic N) is 1. The van der Waals surface area contributed by atoms with Crippen LogP contribution >= 0.6 is 0 Å². The van der Waals surface area contributed by atoms with Crippen LogP contribution in [0.1, 0.15) is 22.3 Å². The summed E-state index contributed by atoms with van der Waals surface area (Å²) in [5, 5.41) is 6.95. The maximum Gasteiger partial charge on any atom is 0.349 e. The van der Waals surface area contributed by atoms with Crippen LogP contribution in [-0.2, 0) is 0 Å². The Hall–Kier alpha value is -2.18. The third kappa shape index (κ3) is 3.66. The number of amides is 1. The van der Waals surface area contributed by atoms with E-state index in [1.807, 2.05) is 12.1 Å². The molecule has 3 rings (SSSR count). The number of rotatable bonds is 5. The molecule has 0 radical (unpaired) electrons. The van der Waals surface area contributed by atoms with Crippen molar-refractivity contribution in [1.82, 2.24) is 15.5 Å². The fourth-order valence-corrected chi connectivity index (χ4v) is 3.09. The van der Waals surface area contributed by atoms with Gasteiger partial charge in [-0.05, 0) is 31.5 Å². The zero-order valence-electron chi connectivity index (χ0n) is 13.9. The van der Waals surface area contributed by atoms with Gasteiger partial charge in [-0.25, -0.2) is 4.79 Å². The van der Waals surface area contributed by atoms with Crippen molar-refractivity contribution in [2.24, 2.45) is 0 Å². The molecule has 6 nitrogen and oxygen atoms in total. The molecule has 1 aromatic carbocycles. The molecule has 6 heteroatoms. The van der Waals surface area contributed by atoms with E-state index in [9.17, 15) is 9.59 Å². The van der Waals surface area contributed by atoms with E-state index in [1.165, 1.54) is 0 Å². The second kappa shape index (κ2) is 7.59. The number of carbonyl (C=O) groups is 1. The minimum absolute atomic E-state index is 0.107. The molecule has 128 valence electrons. The molecule has 0 bridgehead atoms. The van der Waals surface area contributed by atoms with E-state index in [1.54, 1.807) is 19.1 Å². The fraction of sp³-hybridized carbons (Fsp3) is 0.444. The zero-order chi connectivity index (χ0) is 16.9. The van der Waals surface area contributed by atoms with Crippen molar-refractivity contribution in [2.45, 2.75) is 13.3 Å². The predicted molar refractivity (Wildman–Crippen MR) is 93.5 cm³/mol. The predicted octanol–water partition coefficient (Wildman–Crippen LogP) is 1.13. The highest BCUT2D eigenvalue weighted by molar-refractivity contribution is 5.99. The van der Waals surface area contributed by atoms with Crippen LogP contribution in [0, 0.1) is 6.92 Å². The molecule has 1 aliphatic heterocycles. The highest BCUT2D eigenvalue weighted by Gasteiger charge is 2.18. The largest absolute Gasteiger partial charge is 0.422 e. The normalized spacial score (nSPS) is 15.5. The monoisotopic (exact) mass is 329 g/mol. The molecule has 1 saturated heterocycles. The van der Waals surface area contributed by atoms with E-state index in [-0.39, 0.29) is 11.5 Å². The molecular formula is C18H23N3O3. The minimum Gasteiger partial charge on any atom is -0.422 e. The summed E-state index contributed by atoms with van der Waals surface area (Å²) in [6.45, 7) is 7.41. The Balaban J connectivity index is 1.62. The zero-order valence-corrected chi connectivity index (χ0v) is 13.9. The van der Waals surface area contributed by atoms with E-state index in [0.717, 1.165) is 44.5 Å². The number of fused-ring (bicyclic) bond motifs is 1. The quantitative estimate of drug-likeness (QED) is 0.635. The first-order valence-electron chi connectivity index (χ1n) is 8.40. The third-order valence-corrected chi connectivity index (χ3v) is 4.45. The summed E-state index contributed by atoms with van der Waals surface area (Å²) < 4.78 is 5.26. The molecule has 0 unspecified atom stereocenters. The lowest BCUT2D eigenvalue weighted by atomic mass is 10.1. The van der Waals surface area contributed by atoms with Crippen LogP contribution in [0.25, 0.3) is 11.0 Å². The molecule has 0 spiro atoms. The summed E-state index contributed by atoms with van der Waals surface area (Å²) in [4.78, 5) is 26.9. The molecule has 2 N–H and O–H groups in total. The number of piperazine rings is 1. The standard InChI is InChI=1S/C18H23N3O3/c1-13-14-5-2-3-6-15(14)24-18(23)16(13)17(22)20-7-4-10-21-11-8-19-9-12-21/h2-3,5-6,19H,4,7-12H2,1H3,(H,20,22). The smallest absolute Gasteiger partial charge is 0.349 e. The Labute approximate surface area is 140 Å². The summed E-state index contributed by atoms with van der Waals surface area (Å²) in [6, 6.07) is 7.26. The molecule has 1 aromatic heterocycles. The first kappa shape index (κ1) is 16.7. The highest BCUT2D eigenvalue weighted by Crippen LogP contribution is 2.18. The lowest BCUT2D eigenvalue weighted by molar-refractivity contribution is 0.0947. The lowest BCUT2D eigenvalue weighted by Crippen LogP contribution is -2.44. The summed E-state index contributed by atoms with van der Waals surface area (Å²) in [6.07, 6.45) is 0.865. The Kier molecular flexibility index (Phi) is 5.27. The van der Waals surface area contributed by atoms with E-state index in [0.29, 0.717) is 17.7 Å². The van der Waals surface area contributed by atoms with Crippen molar-refractivity contribution in [3.63, 3.8) is 0 Å². The topological polar surface area (TPSA) is 74.6 Å². The Bertz CT molecular complexity index is 779. The summed E-state index contributed by atoms with van der Waals surface area (Å²) in [5.74, 6) is -0.354. The van der Waals surface area contributed by atoms with Crippen LogP contribution in [0.3, 0.4) is 0 Å². The highest BCUT2D eigenvalue weighted by atomic mass is 16.4. The van der Waals surface area contributed by atoms with Gasteiger partial charge in [0, 0.05) is 38.1 Å². The second-order valence-corrected chi connectivity index (χ2v) is 6.09. The van der Waals surface area contributed by atoms with Crippen molar-refractivity contribution in [2.75, 3.05) is 39.3 Å². The van der Waals surface area contributed by atoms with Crippen LogP contribution in [0.2, 0.25) is 0 Å². The number of para-hydroxylation sites is 1. The molecule has 24 heavy (non-hydrogen) atoms. The summed E-state index contributed by atoms with van der Waals surface area (Å²) >= 11 is 0. The summed E-state index contributed by atoms with van der Waals surface area (Å²) in [7, 11) is 0. The van der Waals surface area contributed by atoms with Gasteiger partial charge in [0.15, 0.2) is 0 Å².